The number of carbonyl (C=O) groups excluding carboxylic acids is 1. The summed E-state index contributed by atoms with van der Waals surface area (Å²) in [4.78, 5) is 16.9. The number of hydrogen-bond acceptors (Lipinski definition) is 3. The van der Waals surface area contributed by atoms with Gasteiger partial charge in [0.1, 0.15) is 0 Å². The first-order chi connectivity index (χ1) is 13.0. The smallest absolute Gasteiger partial charge is 0.257 e. The maximum absolute atomic E-state index is 12.7. The van der Waals surface area contributed by atoms with Gasteiger partial charge in [-0.25, -0.2) is 0 Å². The molecule has 2 aromatic carbocycles. The van der Waals surface area contributed by atoms with Crippen molar-refractivity contribution < 1.29 is 4.79 Å². The van der Waals surface area contributed by atoms with Crippen molar-refractivity contribution in [3.8, 4) is 0 Å². The predicted octanol–water partition coefficient (Wildman–Crippen LogP) is 5.38. The van der Waals surface area contributed by atoms with Gasteiger partial charge in [-0.1, -0.05) is 61.9 Å². The maximum atomic E-state index is 12.7. The van der Waals surface area contributed by atoms with Crippen LogP contribution in [0.15, 0.2) is 67.0 Å². The van der Waals surface area contributed by atoms with Crippen LogP contribution in [0.1, 0.15) is 46.8 Å². The Morgan fingerprint density at radius 2 is 1.85 bits per heavy atom. The van der Waals surface area contributed by atoms with Crippen molar-refractivity contribution in [1.29, 1.82) is 0 Å². The van der Waals surface area contributed by atoms with Gasteiger partial charge in [-0.2, -0.15) is 0 Å². The lowest BCUT2D eigenvalue weighted by atomic mass is 10.0. The monoisotopic (exact) mass is 359 g/mol. The number of nitrogens with one attached hydrogen (secondary N) is 2. The zero-order chi connectivity index (χ0) is 19.2. The van der Waals surface area contributed by atoms with Crippen LogP contribution in [-0.4, -0.2) is 10.9 Å². The zero-order valence-corrected chi connectivity index (χ0v) is 16.0. The van der Waals surface area contributed by atoms with Crippen LogP contribution in [0, 0.1) is 6.92 Å². The molecule has 0 aliphatic carbocycles. The molecule has 0 radical (unpaired) electrons. The van der Waals surface area contributed by atoms with Gasteiger partial charge in [-0.3, -0.25) is 9.78 Å². The summed E-state index contributed by atoms with van der Waals surface area (Å²) in [7, 11) is 0. The van der Waals surface area contributed by atoms with Crippen molar-refractivity contribution in [2.75, 3.05) is 10.6 Å². The van der Waals surface area contributed by atoms with Crippen LogP contribution in [-0.2, 0) is 6.54 Å². The summed E-state index contributed by atoms with van der Waals surface area (Å²) in [5, 5.41) is 6.34. The number of pyridine rings is 1. The number of hydrogen-bond donors (Lipinski definition) is 2. The minimum Gasteiger partial charge on any atom is -0.380 e. The maximum Gasteiger partial charge on any atom is 0.257 e. The van der Waals surface area contributed by atoms with Crippen LogP contribution in [0.5, 0.6) is 0 Å². The fourth-order valence-electron chi connectivity index (χ4n) is 3.00. The van der Waals surface area contributed by atoms with Gasteiger partial charge in [0.15, 0.2) is 0 Å². The number of benzene rings is 2. The molecule has 2 N–H and O–H groups in total. The van der Waals surface area contributed by atoms with Gasteiger partial charge < -0.3 is 10.6 Å². The van der Waals surface area contributed by atoms with E-state index in [2.05, 4.69) is 54.6 Å². The molecule has 0 spiro atoms. The lowest BCUT2D eigenvalue weighted by Crippen LogP contribution is -2.14. The van der Waals surface area contributed by atoms with Crippen molar-refractivity contribution in [2.45, 2.75) is 33.2 Å². The molecular formula is C23H25N3O. The molecule has 1 amide bonds. The Labute approximate surface area is 160 Å². The topological polar surface area (TPSA) is 54.0 Å². The molecule has 138 valence electrons. The van der Waals surface area contributed by atoms with Crippen LogP contribution in [0.25, 0.3) is 0 Å². The predicted molar refractivity (Wildman–Crippen MR) is 111 cm³/mol. The van der Waals surface area contributed by atoms with Gasteiger partial charge in [-0.15, -0.1) is 0 Å². The van der Waals surface area contributed by atoms with E-state index < -0.39 is 0 Å². The van der Waals surface area contributed by atoms with Gasteiger partial charge in [0.05, 0.1) is 11.3 Å². The molecule has 0 saturated carbocycles. The largest absolute Gasteiger partial charge is 0.380 e. The molecule has 0 bridgehead atoms. The quantitative estimate of drug-likeness (QED) is 0.621. The van der Waals surface area contributed by atoms with Crippen LogP contribution < -0.4 is 10.6 Å². The second-order valence-corrected chi connectivity index (χ2v) is 7.00. The highest BCUT2D eigenvalue weighted by molar-refractivity contribution is 6.05. The number of amides is 1. The molecular weight excluding hydrogens is 334 g/mol. The molecule has 3 aromatic rings. The van der Waals surface area contributed by atoms with E-state index in [-0.39, 0.29) is 5.91 Å². The third-order valence-corrected chi connectivity index (χ3v) is 4.41. The standard InChI is InChI=1S/C23H25N3O/c1-16(2)21-9-4-5-10-22(21)26-23(27)19-12-20(15-24-14-19)25-13-18-8-6-7-17(3)11-18/h4-12,14-16,25H,13H2,1-3H3,(H,26,27). The second kappa shape index (κ2) is 8.49. The molecule has 1 heterocycles. The number of rotatable bonds is 6. The summed E-state index contributed by atoms with van der Waals surface area (Å²) in [6.07, 6.45) is 3.32. The molecule has 0 aliphatic heterocycles. The Morgan fingerprint density at radius 1 is 1.04 bits per heavy atom. The molecule has 1 aromatic heterocycles. The average molecular weight is 359 g/mol. The molecule has 0 atom stereocenters. The minimum atomic E-state index is -0.158. The van der Waals surface area contributed by atoms with Gasteiger partial charge in [0, 0.05) is 24.6 Å². The van der Waals surface area contributed by atoms with Gasteiger partial charge in [0.2, 0.25) is 0 Å². The molecule has 3 rings (SSSR count). The van der Waals surface area contributed by atoms with E-state index >= 15 is 0 Å². The van der Waals surface area contributed by atoms with E-state index in [9.17, 15) is 4.79 Å². The van der Waals surface area contributed by atoms with E-state index in [4.69, 9.17) is 0 Å². The van der Waals surface area contributed by atoms with E-state index in [0.717, 1.165) is 16.9 Å². The van der Waals surface area contributed by atoms with Crippen LogP contribution in [0.3, 0.4) is 0 Å². The van der Waals surface area contributed by atoms with Crippen molar-refractivity contribution in [3.63, 3.8) is 0 Å². The van der Waals surface area contributed by atoms with Crippen molar-refractivity contribution in [3.05, 3.63) is 89.2 Å². The summed E-state index contributed by atoms with van der Waals surface area (Å²) in [6, 6.07) is 18.1. The Balaban J connectivity index is 1.70. The van der Waals surface area contributed by atoms with Crippen LogP contribution >= 0.6 is 0 Å². The van der Waals surface area contributed by atoms with Crippen molar-refractivity contribution >= 4 is 17.3 Å². The second-order valence-electron chi connectivity index (χ2n) is 7.00. The van der Waals surface area contributed by atoms with Crippen molar-refractivity contribution in [2.24, 2.45) is 0 Å². The Kier molecular flexibility index (Phi) is 5.87. The van der Waals surface area contributed by atoms with E-state index in [1.807, 2.05) is 36.4 Å². The number of anilines is 2. The Hall–Kier alpha value is -3.14. The summed E-state index contributed by atoms with van der Waals surface area (Å²) in [5.41, 5.74) is 5.73. The number of nitrogens with zero attached hydrogens (tertiary/aromatic N) is 1. The highest BCUT2D eigenvalue weighted by Crippen LogP contribution is 2.24. The lowest BCUT2D eigenvalue weighted by Gasteiger charge is -2.14. The fraction of sp³-hybridized carbons (Fsp3) is 0.217. The van der Waals surface area contributed by atoms with Gasteiger partial charge >= 0.3 is 0 Å². The number of aryl methyl sites for hydroxylation is 1. The summed E-state index contributed by atoms with van der Waals surface area (Å²) < 4.78 is 0. The number of para-hydroxylation sites is 1. The first-order valence-electron chi connectivity index (χ1n) is 9.17. The Morgan fingerprint density at radius 3 is 2.63 bits per heavy atom. The molecule has 0 fully saturated rings. The third-order valence-electron chi connectivity index (χ3n) is 4.41. The number of carbonyl (C=O) groups is 1. The fourth-order valence-corrected chi connectivity index (χ4v) is 3.00. The Bertz CT molecular complexity index is 934. The first-order valence-corrected chi connectivity index (χ1v) is 9.17. The van der Waals surface area contributed by atoms with E-state index in [1.165, 1.54) is 11.1 Å². The van der Waals surface area contributed by atoms with E-state index in [1.54, 1.807) is 12.4 Å². The normalized spacial score (nSPS) is 10.7. The third kappa shape index (κ3) is 4.94. The van der Waals surface area contributed by atoms with Gasteiger partial charge in [0.25, 0.3) is 5.91 Å². The summed E-state index contributed by atoms with van der Waals surface area (Å²) in [6.45, 7) is 6.99. The van der Waals surface area contributed by atoms with Crippen LogP contribution in [0.2, 0.25) is 0 Å². The highest BCUT2D eigenvalue weighted by Gasteiger charge is 2.11. The molecule has 0 aliphatic rings. The molecule has 27 heavy (non-hydrogen) atoms. The first kappa shape index (κ1) is 18.6. The summed E-state index contributed by atoms with van der Waals surface area (Å²) in [5.74, 6) is 0.178. The zero-order valence-electron chi connectivity index (χ0n) is 16.0. The van der Waals surface area contributed by atoms with Crippen LogP contribution in [0.4, 0.5) is 11.4 Å². The lowest BCUT2D eigenvalue weighted by molar-refractivity contribution is 0.102. The van der Waals surface area contributed by atoms with E-state index in [0.29, 0.717) is 18.0 Å². The SMILES string of the molecule is Cc1cccc(CNc2cncc(C(=O)Nc3ccccc3C(C)C)c2)c1. The highest BCUT2D eigenvalue weighted by atomic mass is 16.1. The average Bonchev–Trinajstić information content (AvgIpc) is 2.67. The molecule has 0 saturated heterocycles. The molecule has 4 nitrogen and oxygen atoms in total. The van der Waals surface area contributed by atoms with Crippen molar-refractivity contribution in [1.82, 2.24) is 4.98 Å². The summed E-state index contributed by atoms with van der Waals surface area (Å²) >= 11 is 0. The minimum absolute atomic E-state index is 0.158. The molecule has 0 unspecified atom stereocenters. The van der Waals surface area contributed by atoms with Gasteiger partial charge in [-0.05, 0) is 36.1 Å². The molecule has 4 heteroatoms. The number of aromatic nitrogens is 1.